The first-order chi connectivity index (χ1) is 10.6. The van der Waals surface area contributed by atoms with Gasteiger partial charge < -0.3 is 10.4 Å². The number of amides is 1. The molecule has 0 fully saturated rings. The zero-order valence-electron chi connectivity index (χ0n) is 12.0. The maximum Gasteiger partial charge on any atom is 0.220 e. The molecule has 22 heavy (non-hydrogen) atoms. The Hall–Kier alpha value is -1.55. The summed E-state index contributed by atoms with van der Waals surface area (Å²) in [7, 11) is 0. The number of benzene rings is 2. The lowest BCUT2D eigenvalue weighted by Crippen LogP contribution is -2.23. The molecule has 1 amide bonds. The van der Waals surface area contributed by atoms with Gasteiger partial charge >= 0.3 is 0 Å². The molecule has 0 aliphatic rings. The molecule has 0 aliphatic heterocycles. The number of nitrogens with one attached hydrogen (secondary N) is 1. The summed E-state index contributed by atoms with van der Waals surface area (Å²) in [6.07, 6.45) is 0.976. The van der Waals surface area contributed by atoms with Crippen molar-refractivity contribution in [2.75, 3.05) is 0 Å². The lowest BCUT2D eigenvalue weighted by molar-refractivity contribution is -0.121. The maximum atomic E-state index is 11.9. The Bertz CT molecular complexity index is 659. The number of carbonyl (C=O) groups is 1. The SMILES string of the molecule is O=C(CCc1ccc(Cl)c(Cl)c1)NCc1ccccc1CO. The Kier molecular flexibility index (Phi) is 6.25. The van der Waals surface area contributed by atoms with Gasteiger partial charge in [-0.1, -0.05) is 53.5 Å². The van der Waals surface area contributed by atoms with E-state index in [0.717, 1.165) is 16.7 Å². The Morgan fingerprint density at radius 3 is 2.45 bits per heavy atom. The average molecular weight is 338 g/mol. The summed E-state index contributed by atoms with van der Waals surface area (Å²) >= 11 is 11.8. The molecule has 2 N–H and O–H groups in total. The zero-order chi connectivity index (χ0) is 15.9. The third-order valence-electron chi connectivity index (χ3n) is 3.39. The minimum absolute atomic E-state index is 0.0324. The first kappa shape index (κ1) is 16.8. The second-order valence-electron chi connectivity index (χ2n) is 4.95. The molecular formula is C17H17Cl2NO2. The normalized spacial score (nSPS) is 10.5. The summed E-state index contributed by atoms with van der Waals surface area (Å²) < 4.78 is 0. The highest BCUT2D eigenvalue weighted by Gasteiger charge is 2.06. The number of aliphatic hydroxyl groups is 1. The fourth-order valence-corrected chi connectivity index (χ4v) is 2.44. The number of carbonyl (C=O) groups excluding carboxylic acids is 1. The summed E-state index contributed by atoms with van der Waals surface area (Å²) in [5.41, 5.74) is 2.72. The van der Waals surface area contributed by atoms with E-state index in [-0.39, 0.29) is 12.5 Å². The predicted molar refractivity (Wildman–Crippen MR) is 89.0 cm³/mol. The zero-order valence-corrected chi connectivity index (χ0v) is 13.5. The van der Waals surface area contributed by atoms with Gasteiger partial charge in [-0.15, -0.1) is 0 Å². The third-order valence-corrected chi connectivity index (χ3v) is 4.13. The topological polar surface area (TPSA) is 49.3 Å². The average Bonchev–Trinajstić information content (AvgIpc) is 2.54. The van der Waals surface area contributed by atoms with Gasteiger partial charge in [0.15, 0.2) is 0 Å². The van der Waals surface area contributed by atoms with Crippen LogP contribution in [0.1, 0.15) is 23.1 Å². The van der Waals surface area contributed by atoms with E-state index in [2.05, 4.69) is 5.32 Å². The Labute approximate surface area is 139 Å². The molecule has 2 rings (SSSR count). The van der Waals surface area contributed by atoms with Gasteiger partial charge in [-0.25, -0.2) is 0 Å². The molecule has 116 valence electrons. The molecule has 0 saturated carbocycles. The third kappa shape index (κ3) is 4.73. The van der Waals surface area contributed by atoms with Crippen LogP contribution >= 0.6 is 23.2 Å². The molecule has 0 radical (unpaired) electrons. The van der Waals surface area contributed by atoms with Crippen LogP contribution in [0.4, 0.5) is 0 Å². The van der Waals surface area contributed by atoms with Crippen LogP contribution in [0.2, 0.25) is 10.0 Å². The van der Waals surface area contributed by atoms with Gasteiger partial charge in [0.2, 0.25) is 5.91 Å². The second kappa shape index (κ2) is 8.18. The number of halogens is 2. The second-order valence-corrected chi connectivity index (χ2v) is 5.77. The van der Waals surface area contributed by atoms with E-state index in [1.807, 2.05) is 30.3 Å². The molecule has 0 saturated heterocycles. The van der Waals surface area contributed by atoms with E-state index in [4.69, 9.17) is 23.2 Å². The predicted octanol–water partition coefficient (Wildman–Crippen LogP) is 3.73. The van der Waals surface area contributed by atoms with Crippen molar-refractivity contribution >= 4 is 29.1 Å². The molecular weight excluding hydrogens is 321 g/mol. The quantitative estimate of drug-likeness (QED) is 0.843. The first-order valence-corrected chi connectivity index (χ1v) is 7.74. The van der Waals surface area contributed by atoms with E-state index < -0.39 is 0 Å². The van der Waals surface area contributed by atoms with Crippen molar-refractivity contribution in [2.45, 2.75) is 26.0 Å². The Morgan fingerprint density at radius 1 is 1.05 bits per heavy atom. The summed E-state index contributed by atoms with van der Waals surface area (Å²) in [5.74, 6) is -0.0428. The van der Waals surface area contributed by atoms with Gasteiger partial charge in [0, 0.05) is 13.0 Å². The lowest BCUT2D eigenvalue weighted by Gasteiger charge is -2.09. The summed E-state index contributed by atoms with van der Waals surface area (Å²) in [5, 5.41) is 13.1. The van der Waals surface area contributed by atoms with Crippen molar-refractivity contribution in [3.8, 4) is 0 Å². The lowest BCUT2D eigenvalue weighted by atomic mass is 10.1. The van der Waals surface area contributed by atoms with Crippen molar-refractivity contribution in [1.29, 1.82) is 0 Å². The molecule has 5 heteroatoms. The van der Waals surface area contributed by atoms with E-state index in [0.29, 0.717) is 29.4 Å². The number of aryl methyl sites for hydroxylation is 1. The number of hydrogen-bond donors (Lipinski definition) is 2. The molecule has 0 aromatic heterocycles. The van der Waals surface area contributed by atoms with Crippen LogP contribution in [0.5, 0.6) is 0 Å². The van der Waals surface area contributed by atoms with Crippen molar-refractivity contribution in [1.82, 2.24) is 5.32 Å². The largest absolute Gasteiger partial charge is 0.392 e. The van der Waals surface area contributed by atoms with Gasteiger partial charge in [-0.05, 0) is 35.2 Å². The number of rotatable bonds is 6. The highest BCUT2D eigenvalue weighted by molar-refractivity contribution is 6.42. The summed E-state index contributed by atoms with van der Waals surface area (Å²) in [6.45, 7) is 0.381. The minimum Gasteiger partial charge on any atom is -0.392 e. The standard InChI is InChI=1S/C17H17Cl2NO2/c18-15-7-5-12(9-16(15)19)6-8-17(22)20-10-13-3-1-2-4-14(13)11-21/h1-5,7,9,21H,6,8,10-11H2,(H,20,22). The highest BCUT2D eigenvalue weighted by atomic mass is 35.5. The molecule has 2 aromatic rings. The molecule has 2 aromatic carbocycles. The van der Waals surface area contributed by atoms with Crippen LogP contribution < -0.4 is 5.32 Å². The molecule has 0 atom stereocenters. The van der Waals surface area contributed by atoms with Gasteiger partial charge in [0.25, 0.3) is 0 Å². The smallest absolute Gasteiger partial charge is 0.220 e. The highest BCUT2D eigenvalue weighted by Crippen LogP contribution is 2.23. The fourth-order valence-electron chi connectivity index (χ4n) is 2.12. The molecule has 0 bridgehead atoms. The van der Waals surface area contributed by atoms with Crippen LogP contribution in [0, 0.1) is 0 Å². The van der Waals surface area contributed by atoms with Crippen molar-refractivity contribution < 1.29 is 9.90 Å². The van der Waals surface area contributed by atoms with Crippen LogP contribution in [-0.2, 0) is 24.4 Å². The van der Waals surface area contributed by atoms with E-state index in [1.165, 1.54) is 0 Å². The summed E-state index contributed by atoms with van der Waals surface area (Å²) in [6, 6.07) is 12.9. The monoisotopic (exact) mass is 337 g/mol. The molecule has 0 spiro atoms. The van der Waals surface area contributed by atoms with Crippen LogP contribution in [0.25, 0.3) is 0 Å². The van der Waals surface area contributed by atoms with E-state index in [9.17, 15) is 9.90 Å². The van der Waals surface area contributed by atoms with Gasteiger partial charge in [-0.2, -0.15) is 0 Å². The maximum absolute atomic E-state index is 11.9. The number of aliphatic hydroxyl groups excluding tert-OH is 1. The molecule has 0 unspecified atom stereocenters. The Morgan fingerprint density at radius 2 is 1.77 bits per heavy atom. The fraction of sp³-hybridized carbons (Fsp3) is 0.235. The molecule has 0 heterocycles. The number of hydrogen-bond acceptors (Lipinski definition) is 2. The first-order valence-electron chi connectivity index (χ1n) is 6.98. The van der Waals surface area contributed by atoms with Gasteiger partial charge in [0.05, 0.1) is 16.7 Å². The summed E-state index contributed by atoms with van der Waals surface area (Å²) in [4.78, 5) is 11.9. The van der Waals surface area contributed by atoms with Gasteiger partial charge in [0.1, 0.15) is 0 Å². The van der Waals surface area contributed by atoms with Gasteiger partial charge in [-0.3, -0.25) is 4.79 Å². The van der Waals surface area contributed by atoms with Crippen molar-refractivity contribution in [3.05, 3.63) is 69.2 Å². The molecule has 3 nitrogen and oxygen atoms in total. The minimum atomic E-state index is -0.0428. The van der Waals surface area contributed by atoms with Crippen molar-refractivity contribution in [2.24, 2.45) is 0 Å². The van der Waals surface area contributed by atoms with E-state index in [1.54, 1.807) is 12.1 Å². The molecule has 0 aliphatic carbocycles. The van der Waals surface area contributed by atoms with Crippen LogP contribution in [0.3, 0.4) is 0 Å². The van der Waals surface area contributed by atoms with E-state index >= 15 is 0 Å². The Balaban J connectivity index is 1.84. The van der Waals surface area contributed by atoms with Crippen molar-refractivity contribution in [3.63, 3.8) is 0 Å². The van der Waals surface area contributed by atoms with Crippen LogP contribution in [-0.4, -0.2) is 11.0 Å². The van der Waals surface area contributed by atoms with Crippen LogP contribution in [0.15, 0.2) is 42.5 Å².